The van der Waals surface area contributed by atoms with Crippen LogP contribution in [0.1, 0.15) is 36.5 Å². The molecule has 0 saturated carbocycles. The molecule has 2 nitrogen and oxygen atoms in total. The molecule has 92 valence electrons. The Kier molecular flexibility index (Phi) is 2.72. The van der Waals surface area contributed by atoms with Gasteiger partial charge in [0.25, 0.3) is 0 Å². The highest BCUT2D eigenvalue weighted by Gasteiger charge is 2.39. The van der Waals surface area contributed by atoms with Gasteiger partial charge in [0.15, 0.2) is 0 Å². The van der Waals surface area contributed by atoms with E-state index in [2.05, 4.69) is 18.2 Å². The molecule has 1 N–H and O–H groups in total. The van der Waals surface area contributed by atoms with Crippen LogP contribution in [0.4, 0.5) is 0 Å². The second kappa shape index (κ2) is 4.11. The van der Waals surface area contributed by atoms with Gasteiger partial charge in [-0.1, -0.05) is 18.2 Å². The minimum Gasteiger partial charge on any atom is -0.387 e. The summed E-state index contributed by atoms with van der Waals surface area (Å²) in [5.74, 6) is 0. The number of rotatable bonds is 2. The molecule has 1 aromatic rings. The van der Waals surface area contributed by atoms with E-state index in [1.165, 1.54) is 36.0 Å². The molecule has 1 fully saturated rings. The number of aryl methyl sites for hydroxylation is 2. The number of aliphatic hydroxyl groups is 1. The Balaban J connectivity index is 1.81. The van der Waals surface area contributed by atoms with Crippen molar-refractivity contribution in [3.05, 3.63) is 34.9 Å². The van der Waals surface area contributed by atoms with Crippen LogP contribution in [0.25, 0.3) is 0 Å². The van der Waals surface area contributed by atoms with Crippen LogP contribution in [0.5, 0.6) is 0 Å². The zero-order valence-corrected chi connectivity index (χ0v) is 10.4. The average Bonchev–Trinajstić information content (AvgIpc) is 2.87. The molecule has 0 bridgehead atoms. The van der Waals surface area contributed by atoms with Crippen molar-refractivity contribution in [1.82, 2.24) is 0 Å². The number of fused-ring (bicyclic) bond motifs is 1. The molecule has 17 heavy (non-hydrogen) atoms. The Morgan fingerprint density at radius 3 is 2.94 bits per heavy atom. The fourth-order valence-electron chi connectivity index (χ4n) is 3.09. The normalized spacial score (nSPS) is 31.8. The van der Waals surface area contributed by atoms with Crippen LogP contribution in [0.15, 0.2) is 18.2 Å². The predicted octanol–water partition coefficient (Wildman–Crippen LogP) is 2.26. The summed E-state index contributed by atoms with van der Waals surface area (Å²) in [6.07, 6.45) is 5.14. The monoisotopic (exact) mass is 232 g/mol. The van der Waals surface area contributed by atoms with Gasteiger partial charge in [0.05, 0.1) is 11.7 Å². The van der Waals surface area contributed by atoms with Crippen molar-refractivity contribution in [2.75, 3.05) is 6.61 Å². The third-order valence-corrected chi connectivity index (χ3v) is 4.33. The van der Waals surface area contributed by atoms with Crippen LogP contribution >= 0.6 is 0 Å². The van der Waals surface area contributed by atoms with Crippen LogP contribution < -0.4 is 0 Å². The van der Waals surface area contributed by atoms with Gasteiger partial charge >= 0.3 is 0 Å². The SMILES string of the molecule is CC1OCCC1(O)Cc1ccc2c(c1)CCC2. The number of hydrogen-bond donors (Lipinski definition) is 1. The Hall–Kier alpha value is -0.860. The van der Waals surface area contributed by atoms with E-state index in [4.69, 9.17) is 4.74 Å². The fraction of sp³-hybridized carbons (Fsp3) is 0.600. The van der Waals surface area contributed by atoms with E-state index in [0.717, 1.165) is 12.8 Å². The molecule has 0 aromatic heterocycles. The highest BCUT2D eigenvalue weighted by atomic mass is 16.5. The molecule has 1 heterocycles. The maximum atomic E-state index is 10.5. The van der Waals surface area contributed by atoms with Gasteiger partial charge in [-0.05, 0) is 42.9 Å². The van der Waals surface area contributed by atoms with E-state index < -0.39 is 5.60 Å². The Bertz CT molecular complexity index is 427. The molecule has 1 aliphatic carbocycles. The number of ether oxygens (including phenoxy) is 1. The molecule has 0 amide bonds. The summed E-state index contributed by atoms with van der Waals surface area (Å²) in [6.45, 7) is 2.66. The molecule has 0 radical (unpaired) electrons. The summed E-state index contributed by atoms with van der Waals surface area (Å²) < 4.78 is 5.48. The first-order valence-corrected chi connectivity index (χ1v) is 6.62. The first-order chi connectivity index (χ1) is 8.17. The first kappa shape index (κ1) is 11.2. The van der Waals surface area contributed by atoms with Crippen LogP contribution in [-0.2, 0) is 24.0 Å². The molecular formula is C15H20O2. The van der Waals surface area contributed by atoms with Gasteiger partial charge in [0, 0.05) is 19.4 Å². The Morgan fingerprint density at radius 2 is 2.18 bits per heavy atom. The topological polar surface area (TPSA) is 29.5 Å². The largest absolute Gasteiger partial charge is 0.387 e. The van der Waals surface area contributed by atoms with Crippen molar-refractivity contribution in [3.63, 3.8) is 0 Å². The zero-order chi connectivity index (χ0) is 11.9. The quantitative estimate of drug-likeness (QED) is 0.847. The summed E-state index contributed by atoms with van der Waals surface area (Å²) in [5.41, 5.74) is 3.58. The second-order valence-corrected chi connectivity index (χ2v) is 5.50. The van der Waals surface area contributed by atoms with Crippen molar-refractivity contribution >= 4 is 0 Å². The van der Waals surface area contributed by atoms with E-state index in [0.29, 0.717) is 6.61 Å². The molecular weight excluding hydrogens is 212 g/mol. The van der Waals surface area contributed by atoms with Crippen LogP contribution in [0, 0.1) is 0 Å². The molecule has 1 aliphatic heterocycles. The maximum absolute atomic E-state index is 10.5. The molecule has 3 rings (SSSR count). The van der Waals surface area contributed by atoms with Gasteiger partial charge in [-0.3, -0.25) is 0 Å². The predicted molar refractivity (Wildman–Crippen MR) is 67.2 cm³/mol. The Morgan fingerprint density at radius 1 is 1.35 bits per heavy atom. The van der Waals surface area contributed by atoms with E-state index in [-0.39, 0.29) is 6.10 Å². The highest BCUT2D eigenvalue weighted by molar-refractivity contribution is 5.36. The van der Waals surface area contributed by atoms with Gasteiger partial charge in [-0.2, -0.15) is 0 Å². The van der Waals surface area contributed by atoms with Gasteiger partial charge in [0.1, 0.15) is 0 Å². The first-order valence-electron chi connectivity index (χ1n) is 6.62. The lowest BCUT2D eigenvalue weighted by Gasteiger charge is -2.26. The smallest absolute Gasteiger partial charge is 0.0967 e. The van der Waals surface area contributed by atoms with Crippen molar-refractivity contribution in [3.8, 4) is 0 Å². The van der Waals surface area contributed by atoms with Gasteiger partial charge in [0.2, 0.25) is 0 Å². The zero-order valence-electron chi connectivity index (χ0n) is 10.4. The maximum Gasteiger partial charge on any atom is 0.0967 e. The number of hydrogen-bond acceptors (Lipinski definition) is 2. The van der Waals surface area contributed by atoms with Crippen LogP contribution in [-0.4, -0.2) is 23.4 Å². The van der Waals surface area contributed by atoms with Crippen LogP contribution in [0.2, 0.25) is 0 Å². The van der Waals surface area contributed by atoms with Gasteiger partial charge in [-0.15, -0.1) is 0 Å². The molecule has 1 saturated heterocycles. The molecule has 2 aliphatic rings. The van der Waals surface area contributed by atoms with E-state index in [1.807, 2.05) is 6.92 Å². The summed E-state index contributed by atoms with van der Waals surface area (Å²) in [5, 5.41) is 10.5. The minimum atomic E-state index is -0.660. The third kappa shape index (κ3) is 2.00. The van der Waals surface area contributed by atoms with E-state index in [9.17, 15) is 5.11 Å². The summed E-state index contributed by atoms with van der Waals surface area (Å²) in [4.78, 5) is 0. The number of benzene rings is 1. The van der Waals surface area contributed by atoms with Gasteiger partial charge < -0.3 is 9.84 Å². The average molecular weight is 232 g/mol. The van der Waals surface area contributed by atoms with Crippen molar-refractivity contribution in [1.29, 1.82) is 0 Å². The lowest BCUT2D eigenvalue weighted by Crippen LogP contribution is -2.38. The highest BCUT2D eigenvalue weighted by Crippen LogP contribution is 2.31. The van der Waals surface area contributed by atoms with E-state index >= 15 is 0 Å². The molecule has 1 aromatic carbocycles. The summed E-state index contributed by atoms with van der Waals surface area (Å²) >= 11 is 0. The van der Waals surface area contributed by atoms with Crippen molar-refractivity contribution in [2.24, 2.45) is 0 Å². The lowest BCUT2D eigenvalue weighted by molar-refractivity contribution is -0.0268. The second-order valence-electron chi connectivity index (χ2n) is 5.50. The fourth-order valence-corrected chi connectivity index (χ4v) is 3.09. The summed E-state index contributed by atoms with van der Waals surface area (Å²) in [6, 6.07) is 6.69. The standard InChI is InChI=1S/C15H20O2/c1-11-15(16,7-8-17-11)10-12-5-6-13-3-2-4-14(13)9-12/h5-6,9,11,16H,2-4,7-8,10H2,1H3. The van der Waals surface area contributed by atoms with Crippen LogP contribution in [0.3, 0.4) is 0 Å². The van der Waals surface area contributed by atoms with E-state index in [1.54, 1.807) is 0 Å². The molecule has 0 spiro atoms. The molecule has 2 unspecified atom stereocenters. The third-order valence-electron chi connectivity index (χ3n) is 4.33. The summed E-state index contributed by atoms with van der Waals surface area (Å²) in [7, 11) is 0. The Labute approximate surface area is 103 Å². The van der Waals surface area contributed by atoms with Gasteiger partial charge in [-0.25, -0.2) is 0 Å². The van der Waals surface area contributed by atoms with Crippen molar-refractivity contribution < 1.29 is 9.84 Å². The van der Waals surface area contributed by atoms with Crippen molar-refractivity contribution in [2.45, 2.75) is 50.7 Å². The molecule has 2 atom stereocenters. The molecule has 2 heteroatoms. The lowest BCUT2D eigenvalue weighted by atomic mass is 9.88. The minimum absolute atomic E-state index is 0.0456.